The van der Waals surface area contributed by atoms with Gasteiger partial charge in [0.2, 0.25) is 0 Å². The molecule has 0 aliphatic carbocycles. The van der Waals surface area contributed by atoms with E-state index in [-0.39, 0.29) is 0 Å². The number of aromatic nitrogens is 3. The first-order valence-corrected chi connectivity index (χ1v) is 10.3. The maximum absolute atomic E-state index is 4.73. The fraction of sp³-hybridized carbons (Fsp3) is 0.435. The Balaban J connectivity index is 1.53. The van der Waals surface area contributed by atoms with Crippen molar-refractivity contribution in [3.8, 4) is 0 Å². The van der Waals surface area contributed by atoms with Crippen LogP contribution in [-0.2, 0) is 6.54 Å². The maximum atomic E-state index is 4.73. The minimum Gasteiger partial charge on any atom is -0.367 e. The van der Waals surface area contributed by atoms with Crippen LogP contribution in [0.3, 0.4) is 0 Å². The van der Waals surface area contributed by atoms with E-state index in [2.05, 4.69) is 71.2 Å². The first-order chi connectivity index (χ1) is 14.0. The van der Waals surface area contributed by atoms with E-state index in [4.69, 9.17) is 9.97 Å². The molecule has 1 aromatic carbocycles. The third-order valence-corrected chi connectivity index (χ3v) is 5.82. The second-order valence-electron chi connectivity index (χ2n) is 8.15. The van der Waals surface area contributed by atoms with Crippen LogP contribution >= 0.6 is 0 Å². The van der Waals surface area contributed by atoms with Gasteiger partial charge >= 0.3 is 0 Å². The van der Waals surface area contributed by atoms with Gasteiger partial charge in [0.25, 0.3) is 0 Å². The Morgan fingerprint density at radius 2 is 1.79 bits per heavy atom. The molecule has 1 fully saturated rings. The van der Waals surface area contributed by atoms with Crippen molar-refractivity contribution in [2.75, 3.05) is 44.0 Å². The van der Waals surface area contributed by atoms with Gasteiger partial charge in [-0.25, -0.2) is 9.97 Å². The number of piperidine rings is 1. The van der Waals surface area contributed by atoms with Crippen molar-refractivity contribution in [3.05, 3.63) is 54.1 Å². The summed E-state index contributed by atoms with van der Waals surface area (Å²) in [6, 6.07) is 13.2. The molecule has 1 aliphatic rings. The van der Waals surface area contributed by atoms with Crippen molar-refractivity contribution < 1.29 is 0 Å². The molecule has 0 bridgehead atoms. The number of aryl methyl sites for hydroxylation is 1. The van der Waals surface area contributed by atoms with Crippen LogP contribution in [0.25, 0.3) is 10.9 Å². The summed E-state index contributed by atoms with van der Waals surface area (Å²) in [5, 5.41) is 1.15. The van der Waals surface area contributed by atoms with E-state index in [1.807, 2.05) is 19.2 Å². The van der Waals surface area contributed by atoms with Crippen LogP contribution in [0.5, 0.6) is 0 Å². The first-order valence-electron chi connectivity index (χ1n) is 10.3. The second kappa shape index (κ2) is 8.33. The molecule has 3 heterocycles. The molecule has 0 atom stereocenters. The summed E-state index contributed by atoms with van der Waals surface area (Å²) in [7, 11) is 6.44. The number of benzene rings is 1. The minimum atomic E-state index is 0.665. The van der Waals surface area contributed by atoms with Crippen LogP contribution in [0, 0.1) is 6.92 Å². The predicted molar refractivity (Wildman–Crippen MR) is 120 cm³/mol. The molecule has 29 heavy (non-hydrogen) atoms. The highest BCUT2D eigenvalue weighted by molar-refractivity contribution is 5.90. The molecule has 6 heteroatoms. The SMILES string of the molecule is Cc1nc(CN(C)c2cccc3cccnc23)cc(N2CCC(N(C)C)CC2)n1. The lowest BCUT2D eigenvalue weighted by Gasteiger charge is -2.36. The van der Waals surface area contributed by atoms with Gasteiger partial charge in [0.15, 0.2) is 0 Å². The molecule has 4 rings (SSSR count). The summed E-state index contributed by atoms with van der Waals surface area (Å²) in [5.74, 6) is 1.88. The number of rotatable bonds is 5. The molecule has 2 aromatic heterocycles. The lowest BCUT2D eigenvalue weighted by Crippen LogP contribution is -2.42. The fourth-order valence-electron chi connectivity index (χ4n) is 4.19. The molecular weight excluding hydrogens is 360 g/mol. The highest BCUT2D eigenvalue weighted by atomic mass is 15.2. The summed E-state index contributed by atoms with van der Waals surface area (Å²) in [5.41, 5.74) is 3.18. The normalized spacial score (nSPS) is 15.3. The van der Waals surface area contributed by atoms with Crippen molar-refractivity contribution in [2.45, 2.75) is 32.4 Å². The Labute approximate surface area is 173 Å². The zero-order valence-electron chi connectivity index (χ0n) is 17.8. The molecular formula is C23H30N6. The summed E-state index contributed by atoms with van der Waals surface area (Å²) < 4.78 is 0. The van der Waals surface area contributed by atoms with E-state index in [9.17, 15) is 0 Å². The third kappa shape index (κ3) is 4.32. The molecule has 0 radical (unpaired) electrons. The van der Waals surface area contributed by atoms with Crippen molar-refractivity contribution in [3.63, 3.8) is 0 Å². The molecule has 6 nitrogen and oxygen atoms in total. The second-order valence-corrected chi connectivity index (χ2v) is 8.15. The van der Waals surface area contributed by atoms with E-state index < -0.39 is 0 Å². The lowest BCUT2D eigenvalue weighted by atomic mass is 10.0. The number of anilines is 2. The van der Waals surface area contributed by atoms with E-state index in [0.717, 1.165) is 53.6 Å². The predicted octanol–water partition coefficient (Wildman–Crippen LogP) is 3.50. The molecule has 0 N–H and O–H groups in total. The Morgan fingerprint density at radius 1 is 1.03 bits per heavy atom. The van der Waals surface area contributed by atoms with E-state index in [1.54, 1.807) is 0 Å². The fourth-order valence-corrected chi connectivity index (χ4v) is 4.19. The van der Waals surface area contributed by atoms with Crippen molar-refractivity contribution in [1.29, 1.82) is 0 Å². The van der Waals surface area contributed by atoms with Gasteiger partial charge in [0.05, 0.1) is 23.4 Å². The van der Waals surface area contributed by atoms with E-state index in [1.165, 1.54) is 12.8 Å². The Hall–Kier alpha value is -2.73. The molecule has 152 valence electrons. The van der Waals surface area contributed by atoms with Crippen molar-refractivity contribution >= 4 is 22.4 Å². The molecule has 1 aliphatic heterocycles. The number of pyridine rings is 1. The van der Waals surface area contributed by atoms with Crippen molar-refractivity contribution in [1.82, 2.24) is 19.9 Å². The zero-order valence-corrected chi connectivity index (χ0v) is 17.8. The van der Waals surface area contributed by atoms with E-state index >= 15 is 0 Å². The highest BCUT2D eigenvalue weighted by Gasteiger charge is 2.22. The van der Waals surface area contributed by atoms with Crippen LogP contribution in [-0.4, -0.2) is 60.1 Å². The lowest BCUT2D eigenvalue weighted by molar-refractivity contribution is 0.249. The molecule has 3 aromatic rings. The smallest absolute Gasteiger partial charge is 0.132 e. The summed E-state index contributed by atoms with van der Waals surface area (Å²) in [6.07, 6.45) is 4.20. The van der Waals surface area contributed by atoms with Gasteiger partial charge < -0.3 is 14.7 Å². The van der Waals surface area contributed by atoms with Crippen LogP contribution in [0.1, 0.15) is 24.4 Å². The summed E-state index contributed by atoms with van der Waals surface area (Å²) in [6.45, 7) is 4.79. The summed E-state index contributed by atoms with van der Waals surface area (Å²) >= 11 is 0. The number of hydrogen-bond acceptors (Lipinski definition) is 6. The van der Waals surface area contributed by atoms with Gasteiger partial charge in [-0.2, -0.15) is 0 Å². The van der Waals surface area contributed by atoms with Crippen LogP contribution < -0.4 is 9.80 Å². The molecule has 0 unspecified atom stereocenters. The maximum Gasteiger partial charge on any atom is 0.132 e. The quantitative estimate of drug-likeness (QED) is 0.665. The largest absolute Gasteiger partial charge is 0.367 e. The minimum absolute atomic E-state index is 0.665. The average molecular weight is 391 g/mol. The van der Waals surface area contributed by atoms with Gasteiger partial charge in [-0.05, 0) is 46.0 Å². The number of fused-ring (bicyclic) bond motifs is 1. The van der Waals surface area contributed by atoms with Gasteiger partial charge in [-0.15, -0.1) is 0 Å². The van der Waals surface area contributed by atoms with Gasteiger partial charge in [-0.3, -0.25) is 4.98 Å². The highest BCUT2D eigenvalue weighted by Crippen LogP contribution is 2.26. The Kier molecular flexibility index (Phi) is 5.62. The molecule has 0 saturated carbocycles. The summed E-state index contributed by atoms with van der Waals surface area (Å²) in [4.78, 5) is 21.0. The molecule has 0 spiro atoms. The third-order valence-electron chi connectivity index (χ3n) is 5.82. The number of hydrogen-bond donors (Lipinski definition) is 0. The van der Waals surface area contributed by atoms with Crippen LogP contribution in [0.4, 0.5) is 11.5 Å². The Morgan fingerprint density at radius 3 is 2.55 bits per heavy atom. The van der Waals surface area contributed by atoms with Crippen LogP contribution in [0.15, 0.2) is 42.6 Å². The first kappa shape index (κ1) is 19.6. The Bertz CT molecular complexity index is 973. The van der Waals surface area contributed by atoms with Gasteiger partial charge in [0.1, 0.15) is 11.6 Å². The van der Waals surface area contributed by atoms with Crippen LogP contribution in [0.2, 0.25) is 0 Å². The number of para-hydroxylation sites is 1. The standard InChI is InChI=1S/C23H30N6/c1-17-25-19(15-22(26-17)29-13-10-20(11-14-29)27(2)3)16-28(4)21-9-5-7-18-8-6-12-24-23(18)21/h5-9,12,15,20H,10-11,13-14,16H2,1-4H3. The molecule has 1 saturated heterocycles. The number of nitrogens with zero attached hydrogens (tertiary/aromatic N) is 6. The van der Waals surface area contributed by atoms with E-state index in [0.29, 0.717) is 6.04 Å². The van der Waals surface area contributed by atoms with Crippen molar-refractivity contribution in [2.24, 2.45) is 0 Å². The van der Waals surface area contributed by atoms with Gasteiger partial charge in [0, 0.05) is 43.8 Å². The molecule has 0 amide bonds. The van der Waals surface area contributed by atoms with Gasteiger partial charge in [-0.1, -0.05) is 18.2 Å². The average Bonchev–Trinajstić information content (AvgIpc) is 2.73. The topological polar surface area (TPSA) is 48.4 Å². The monoisotopic (exact) mass is 390 g/mol. The zero-order chi connectivity index (χ0) is 20.4.